The number of aromatic nitrogens is 2. The van der Waals surface area contributed by atoms with Crippen LogP contribution in [0.1, 0.15) is 64.5 Å². The molecular formula is C14H28N4. The van der Waals surface area contributed by atoms with Gasteiger partial charge in [-0.15, -0.1) is 0 Å². The number of aryl methyl sites for hydroxylation is 1. The predicted octanol–water partition coefficient (Wildman–Crippen LogP) is 3.01. The maximum atomic E-state index is 5.76. The SMILES string of the molecule is CCCC(CCC)C(NN)c1cnn(CCC)c1. The highest BCUT2D eigenvalue weighted by atomic mass is 15.3. The van der Waals surface area contributed by atoms with Crippen LogP contribution in [0.4, 0.5) is 0 Å². The number of nitrogens with zero attached hydrogens (tertiary/aromatic N) is 2. The van der Waals surface area contributed by atoms with Crippen LogP contribution in [-0.2, 0) is 6.54 Å². The van der Waals surface area contributed by atoms with Crippen LogP contribution in [0.15, 0.2) is 12.4 Å². The fourth-order valence-electron chi connectivity index (χ4n) is 2.62. The van der Waals surface area contributed by atoms with E-state index in [2.05, 4.69) is 37.5 Å². The normalized spacial score (nSPS) is 13.2. The lowest BCUT2D eigenvalue weighted by Gasteiger charge is -2.25. The van der Waals surface area contributed by atoms with E-state index in [1.54, 1.807) is 0 Å². The summed E-state index contributed by atoms with van der Waals surface area (Å²) in [5, 5.41) is 4.40. The fraction of sp³-hybridized carbons (Fsp3) is 0.786. The summed E-state index contributed by atoms with van der Waals surface area (Å²) in [5.41, 5.74) is 4.21. The zero-order valence-electron chi connectivity index (χ0n) is 12.0. The minimum Gasteiger partial charge on any atom is -0.272 e. The summed E-state index contributed by atoms with van der Waals surface area (Å²) in [6.45, 7) is 7.61. The summed E-state index contributed by atoms with van der Waals surface area (Å²) < 4.78 is 2.01. The predicted molar refractivity (Wildman–Crippen MR) is 75.9 cm³/mol. The zero-order valence-corrected chi connectivity index (χ0v) is 12.0. The first-order valence-corrected chi connectivity index (χ1v) is 7.25. The summed E-state index contributed by atoms with van der Waals surface area (Å²) in [4.78, 5) is 0. The van der Waals surface area contributed by atoms with Crippen molar-refractivity contribution in [3.05, 3.63) is 18.0 Å². The van der Waals surface area contributed by atoms with Crippen molar-refractivity contribution in [3.8, 4) is 0 Å². The van der Waals surface area contributed by atoms with E-state index in [0.717, 1.165) is 13.0 Å². The molecule has 4 nitrogen and oxygen atoms in total. The Bertz CT molecular complexity index is 315. The molecule has 0 spiro atoms. The molecule has 0 saturated heterocycles. The van der Waals surface area contributed by atoms with E-state index in [0.29, 0.717) is 5.92 Å². The highest BCUT2D eigenvalue weighted by Gasteiger charge is 2.22. The minimum absolute atomic E-state index is 0.232. The Labute approximate surface area is 111 Å². The molecule has 0 aromatic carbocycles. The van der Waals surface area contributed by atoms with E-state index in [1.807, 2.05) is 10.9 Å². The average Bonchev–Trinajstić information content (AvgIpc) is 2.80. The van der Waals surface area contributed by atoms with Crippen molar-refractivity contribution in [2.75, 3.05) is 0 Å². The quantitative estimate of drug-likeness (QED) is 0.524. The molecule has 1 aromatic heterocycles. The van der Waals surface area contributed by atoms with E-state index in [-0.39, 0.29) is 6.04 Å². The Hall–Kier alpha value is -0.870. The third-order valence-corrected chi connectivity index (χ3v) is 3.43. The summed E-state index contributed by atoms with van der Waals surface area (Å²) in [6.07, 6.45) is 10.0. The van der Waals surface area contributed by atoms with E-state index < -0.39 is 0 Å². The molecule has 0 aliphatic carbocycles. The van der Waals surface area contributed by atoms with Crippen molar-refractivity contribution in [2.24, 2.45) is 11.8 Å². The molecule has 1 aromatic rings. The van der Waals surface area contributed by atoms with Crippen LogP contribution >= 0.6 is 0 Å². The van der Waals surface area contributed by atoms with Crippen molar-refractivity contribution >= 4 is 0 Å². The van der Waals surface area contributed by atoms with Crippen LogP contribution in [0.25, 0.3) is 0 Å². The van der Waals surface area contributed by atoms with Crippen molar-refractivity contribution in [2.45, 2.75) is 65.5 Å². The molecule has 1 rings (SSSR count). The van der Waals surface area contributed by atoms with E-state index in [9.17, 15) is 0 Å². The molecule has 104 valence electrons. The van der Waals surface area contributed by atoms with Gasteiger partial charge in [-0.1, -0.05) is 33.6 Å². The van der Waals surface area contributed by atoms with Crippen LogP contribution in [0.3, 0.4) is 0 Å². The van der Waals surface area contributed by atoms with Gasteiger partial charge in [0.1, 0.15) is 0 Å². The van der Waals surface area contributed by atoms with Crippen LogP contribution in [0.5, 0.6) is 0 Å². The average molecular weight is 252 g/mol. The van der Waals surface area contributed by atoms with E-state index in [4.69, 9.17) is 5.84 Å². The maximum absolute atomic E-state index is 5.76. The lowest BCUT2D eigenvalue weighted by molar-refractivity contribution is 0.319. The van der Waals surface area contributed by atoms with Crippen molar-refractivity contribution in [3.63, 3.8) is 0 Å². The smallest absolute Gasteiger partial charge is 0.0538 e. The van der Waals surface area contributed by atoms with Crippen LogP contribution in [-0.4, -0.2) is 9.78 Å². The van der Waals surface area contributed by atoms with Gasteiger partial charge in [0.05, 0.1) is 12.2 Å². The molecule has 18 heavy (non-hydrogen) atoms. The summed E-state index contributed by atoms with van der Waals surface area (Å²) in [7, 11) is 0. The molecule has 0 aliphatic rings. The molecule has 0 radical (unpaired) electrons. The van der Waals surface area contributed by atoms with Crippen LogP contribution < -0.4 is 11.3 Å². The molecule has 0 aliphatic heterocycles. The molecular weight excluding hydrogens is 224 g/mol. The molecule has 1 atom stereocenters. The number of hydrogen-bond acceptors (Lipinski definition) is 3. The highest BCUT2D eigenvalue weighted by Crippen LogP contribution is 2.28. The second-order valence-corrected chi connectivity index (χ2v) is 5.02. The first-order chi connectivity index (χ1) is 8.76. The van der Waals surface area contributed by atoms with Gasteiger partial charge in [-0.05, 0) is 25.2 Å². The maximum Gasteiger partial charge on any atom is 0.0538 e. The highest BCUT2D eigenvalue weighted by molar-refractivity contribution is 5.11. The Balaban J connectivity index is 2.77. The second-order valence-electron chi connectivity index (χ2n) is 5.02. The monoisotopic (exact) mass is 252 g/mol. The first-order valence-electron chi connectivity index (χ1n) is 7.25. The van der Waals surface area contributed by atoms with Crippen LogP contribution in [0, 0.1) is 5.92 Å². The molecule has 0 amide bonds. The van der Waals surface area contributed by atoms with Gasteiger partial charge in [0.2, 0.25) is 0 Å². The van der Waals surface area contributed by atoms with Crippen molar-refractivity contribution < 1.29 is 0 Å². The lowest BCUT2D eigenvalue weighted by atomic mass is 9.88. The summed E-state index contributed by atoms with van der Waals surface area (Å²) in [5.74, 6) is 6.36. The molecule has 1 unspecified atom stereocenters. The van der Waals surface area contributed by atoms with Gasteiger partial charge in [0, 0.05) is 18.3 Å². The number of nitrogens with two attached hydrogens (primary N) is 1. The summed E-state index contributed by atoms with van der Waals surface area (Å²) in [6, 6.07) is 0.232. The van der Waals surface area contributed by atoms with E-state index in [1.165, 1.54) is 31.2 Å². The van der Waals surface area contributed by atoms with Crippen molar-refractivity contribution in [1.29, 1.82) is 0 Å². The first kappa shape index (κ1) is 15.2. The number of nitrogens with one attached hydrogen (secondary N) is 1. The molecule has 4 heteroatoms. The Morgan fingerprint density at radius 3 is 2.39 bits per heavy atom. The fourth-order valence-corrected chi connectivity index (χ4v) is 2.62. The van der Waals surface area contributed by atoms with Crippen LogP contribution in [0.2, 0.25) is 0 Å². The van der Waals surface area contributed by atoms with Gasteiger partial charge in [-0.3, -0.25) is 16.0 Å². The largest absolute Gasteiger partial charge is 0.272 e. The van der Waals surface area contributed by atoms with Gasteiger partial charge in [-0.25, -0.2) is 0 Å². The number of rotatable bonds is 9. The Morgan fingerprint density at radius 2 is 1.89 bits per heavy atom. The summed E-state index contributed by atoms with van der Waals surface area (Å²) >= 11 is 0. The second kappa shape index (κ2) is 8.27. The number of hydrogen-bond donors (Lipinski definition) is 2. The Morgan fingerprint density at radius 1 is 1.22 bits per heavy atom. The third kappa shape index (κ3) is 4.10. The Kier molecular flexibility index (Phi) is 6.98. The standard InChI is InChI=1S/C14H28N4/c1-4-7-12(8-5-2)14(17-15)13-10-16-18(11-13)9-6-3/h10-12,14,17H,4-9,15H2,1-3H3. The molecule has 0 bridgehead atoms. The molecule has 3 N–H and O–H groups in total. The third-order valence-electron chi connectivity index (χ3n) is 3.43. The molecule has 0 saturated carbocycles. The molecule has 0 fully saturated rings. The van der Waals surface area contributed by atoms with Gasteiger partial charge in [0.25, 0.3) is 0 Å². The van der Waals surface area contributed by atoms with E-state index >= 15 is 0 Å². The van der Waals surface area contributed by atoms with Gasteiger partial charge < -0.3 is 0 Å². The minimum atomic E-state index is 0.232. The van der Waals surface area contributed by atoms with Gasteiger partial charge in [0.15, 0.2) is 0 Å². The number of hydrazine groups is 1. The van der Waals surface area contributed by atoms with Crippen molar-refractivity contribution in [1.82, 2.24) is 15.2 Å². The topological polar surface area (TPSA) is 55.9 Å². The van der Waals surface area contributed by atoms with Gasteiger partial charge in [-0.2, -0.15) is 5.10 Å². The lowest BCUT2D eigenvalue weighted by Crippen LogP contribution is -2.33. The van der Waals surface area contributed by atoms with Gasteiger partial charge >= 0.3 is 0 Å². The molecule has 1 heterocycles. The zero-order chi connectivity index (χ0) is 13.4.